The van der Waals surface area contributed by atoms with E-state index in [1.165, 1.54) is 5.56 Å². The molecule has 2 aromatic carbocycles. The second-order valence-corrected chi connectivity index (χ2v) is 4.92. The third-order valence-electron chi connectivity index (χ3n) is 3.17. The number of nitrogens with one attached hydrogen (secondary N) is 1. The maximum atomic E-state index is 8.90. The summed E-state index contributed by atoms with van der Waals surface area (Å²) < 4.78 is 10.8. The smallest absolute Gasteiger partial charge is 0.120 e. The fourth-order valence-corrected chi connectivity index (χ4v) is 2.05. The number of nitrogens with zero attached hydrogens (tertiary/aromatic N) is 1. The number of methoxy groups -OCH3 is 1. The van der Waals surface area contributed by atoms with Gasteiger partial charge in [-0.25, -0.2) is 0 Å². The van der Waals surface area contributed by atoms with Gasteiger partial charge >= 0.3 is 0 Å². The number of ether oxygens (including phenoxy) is 2. The Morgan fingerprint density at radius 3 is 2.73 bits per heavy atom. The van der Waals surface area contributed by atoms with Gasteiger partial charge in [-0.15, -0.1) is 0 Å². The molecule has 0 fully saturated rings. The fourth-order valence-electron chi connectivity index (χ4n) is 2.05. The maximum absolute atomic E-state index is 8.90. The van der Waals surface area contributed by atoms with E-state index >= 15 is 0 Å². The number of hydrogen-bond acceptors (Lipinski definition) is 4. The van der Waals surface area contributed by atoms with E-state index in [-0.39, 0.29) is 0 Å². The van der Waals surface area contributed by atoms with Crippen molar-refractivity contribution >= 4 is 0 Å². The van der Waals surface area contributed by atoms with Crippen LogP contribution in [0.2, 0.25) is 0 Å². The lowest BCUT2D eigenvalue weighted by atomic mass is 10.1. The van der Waals surface area contributed by atoms with Crippen LogP contribution >= 0.6 is 0 Å². The third kappa shape index (κ3) is 5.21. The predicted octanol–water partition coefficient (Wildman–Crippen LogP) is 2.87. The van der Waals surface area contributed by atoms with Crippen LogP contribution in [0.25, 0.3) is 0 Å². The van der Waals surface area contributed by atoms with Gasteiger partial charge in [-0.1, -0.05) is 24.3 Å². The average Bonchev–Trinajstić information content (AvgIpc) is 2.57. The highest BCUT2D eigenvalue weighted by Crippen LogP contribution is 2.15. The minimum absolute atomic E-state index is 0.454. The molecule has 0 spiro atoms. The summed E-state index contributed by atoms with van der Waals surface area (Å²) in [6.45, 7) is 2.76. The maximum Gasteiger partial charge on any atom is 0.120 e. The van der Waals surface area contributed by atoms with Crippen LogP contribution < -0.4 is 10.1 Å². The number of rotatable bonds is 8. The SMILES string of the molecule is COCCNCc1cccc(OCc2cccc(C#N)c2)c1. The second kappa shape index (κ2) is 8.83. The lowest BCUT2D eigenvalue weighted by Crippen LogP contribution is -2.18. The molecule has 0 aromatic heterocycles. The molecule has 0 aliphatic carbocycles. The molecule has 4 heteroatoms. The van der Waals surface area contributed by atoms with Crippen molar-refractivity contribution in [1.29, 1.82) is 5.26 Å². The molecule has 2 aromatic rings. The van der Waals surface area contributed by atoms with Gasteiger partial charge in [0.1, 0.15) is 12.4 Å². The van der Waals surface area contributed by atoms with Crippen LogP contribution in [0.1, 0.15) is 16.7 Å². The molecule has 0 atom stereocenters. The van der Waals surface area contributed by atoms with Crippen molar-refractivity contribution in [2.45, 2.75) is 13.2 Å². The van der Waals surface area contributed by atoms with E-state index in [1.54, 1.807) is 13.2 Å². The summed E-state index contributed by atoms with van der Waals surface area (Å²) in [6, 6.07) is 17.6. The number of hydrogen-bond donors (Lipinski definition) is 1. The summed E-state index contributed by atoms with van der Waals surface area (Å²) >= 11 is 0. The van der Waals surface area contributed by atoms with Crippen molar-refractivity contribution in [2.75, 3.05) is 20.3 Å². The van der Waals surface area contributed by atoms with Crippen molar-refractivity contribution in [1.82, 2.24) is 5.32 Å². The molecule has 114 valence electrons. The topological polar surface area (TPSA) is 54.3 Å². The van der Waals surface area contributed by atoms with Crippen molar-refractivity contribution < 1.29 is 9.47 Å². The first-order valence-electron chi connectivity index (χ1n) is 7.22. The Morgan fingerprint density at radius 1 is 1.09 bits per heavy atom. The van der Waals surface area contributed by atoms with Gasteiger partial charge in [0.15, 0.2) is 0 Å². The highest BCUT2D eigenvalue weighted by molar-refractivity contribution is 5.33. The number of nitriles is 1. The van der Waals surface area contributed by atoms with Crippen LogP contribution in [0.3, 0.4) is 0 Å². The van der Waals surface area contributed by atoms with Crippen LogP contribution in [0.4, 0.5) is 0 Å². The summed E-state index contributed by atoms with van der Waals surface area (Å²) in [4.78, 5) is 0. The minimum atomic E-state index is 0.454. The van der Waals surface area contributed by atoms with E-state index in [0.717, 1.165) is 24.4 Å². The Balaban J connectivity index is 1.88. The van der Waals surface area contributed by atoms with E-state index < -0.39 is 0 Å². The summed E-state index contributed by atoms with van der Waals surface area (Å²) in [6.07, 6.45) is 0. The Labute approximate surface area is 131 Å². The molecule has 0 bridgehead atoms. The van der Waals surface area contributed by atoms with E-state index in [0.29, 0.717) is 18.8 Å². The standard InChI is InChI=1S/C18H20N2O2/c1-21-9-8-20-13-16-5-3-7-18(11-16)22-14-17-6-2-4-15(10-17)12-19/h2-7,10-11,20H,8-9,13-14H2,1H3. The molecule has 4 nitrogen and oxygen atoms in total. The molecule has 0 heterocycles. The van der Waals surface area contributed by atoms with Crippen molar-refractivity contribution in [3.63, 3.8) is 0 Å². The van der Waals surface area contributed by atoms with E-state index in [1.807, 2.05) is 36.4 Å². The lowest BCUT2D eigenvalue weighted by Gasteiger charge is -2.09. The molecular formula is C18H20N2O2. The van der Waals surface area contributed by atoms with Crippen LogP contribution in [0.15, 0.2) is 48.5 Å². The first-order valence-corrected chi connectivity index (χ1v) is 7.22. The van der Waals surface area contributed by atoms with Crippen molar-refractivity contribution in [2.24, 2.45) is 0 Å². The van der Waals surface area contributed by atoms with E-state index in [2.05, 4.69) is 17.5 Å². The lowest BCUT2D eigenvalue weighted by molar-refractivity contribution is 0.199. The molecule has 0 aliphatic heterocycles. The highest BCUT2D eigenvalue weighted by atomic mass is 16.5. The molecule has 22 heavy (non-hydrogen) atoms. The van der Waals surface area contributed by atoms with Gasteiger partial charge in [0.05, 0.1) is 18.2 Å². The molecule has 0 amide bonds. The largest absolute Gasteiger partial charge is 0.489 e. The number of benzene rings is 2. The zero-order valence-electron chi connectivity index (χ0n) is 12.7. The predicted molar refractivity (Wildman–Crippen MR) is 85.5 cm³/mol. The third-order valence-corrected chi connectivity index (χ3v) is 3.17. The van der Waals surface area contributed by atoms with Crippen LogP contribution in [-0.4, -0.2) is 20.3 Å². The molecular weight excluding hydrogens is 276 g/mol. The van der Waals surface area contributed by atoms with Gasteiger partial charge in [-0.05, 0) is 35.4 Å². The first-order chi connectivity index (χ1) is 10.8. The van der Waals surface area contributed by atoms with Crippen molar-refractivity contribution in [3.8, 4) is 11.8 Å². The normalized spacial score (nSPS) is 10.2. The van der Waals surface area contributed by atoms with Crippen LogP contribution in [-0.2, 0) is 17.9 Å². The Hall–Kier alpha value is -2.35. The summed E-state index contributed by atoms with van der Waals surface area (Å²) in [5.74, 6) is 0.827. The summed E-state index contributed by atoms with van der Waals surface area (Å²) in [7, 11) is 1.69. The van der Waals surface area contributed by atoms with E-state index in [9.17, 15) is 0 Å². The monoisotopic (exact) mass is 296 g/mol. The van der Waals surface area contributed by atoms with Gasteiger partial charge in [0, 0.05) is 20.2 Å². The Morgan fingerprint density at radius 2 is 1.91 bits per heavy atom. The second-order valence-electron chi connectivity index (χ2n) is 4.92. The molecule has 2 rings (SSSR count). The molecule has 1 N–H and O–H groups in total. The summed E-state index contributed by atoms with van der Waals surface area (Å²) in [5.41, 5.74) is 2.80. The molecule has 0 radical (unpaired) electrons. The fraction of sp³-hybridized carbons (Fsp3) is 0.278. The first kappa shape index (κ1) is 16.0. The Kier molecular flexibility index (Phi) is 6.43. The van der Waals surface area contributed by atoms with Crippen molar-refractivity contribution in [3.05, 3.63) is 65.2 Å². The minimum Gasteiger partial charge on any atom is -0.489 e. The zero-order chi connectivity index (χ0) is 15.6. The molecule has 0 saturated carbocycles. The van der Waals surface area contributed by atoms with Gasteiger partial charge < -0.3 is 14.8 Å². The summed E-state index contributed by atoms with van der Waals surface area (Å²) in [5, 5.41) is 12.2. The highest BCUT2D eigenvalue weighted by Gasteiger charge is 2.00. The van der Waals surface area contributed by atoms with Gasteiger partial charge in [0.2, 0.25) is 0 Å². The molecule has 0 unspecified atom stereocenters. The van der Waals surface area contributed by atoms with Gasteiger partial charge in [0.25, 0.3) is 0 Å². The zero-order valence-corrected chi connectivity index (χ0v) is 12.7. The van der Waals surface area contributed by atoms with Gasteiger partial charge in [-0.3, -0.25) is 0 Å². The average molecular weight is 296 g/mol. The molecule has 0 saturated heterocycles. The van der Waals surface area contributed by atoms with Crippen LogP contribution in [0, 0.1) is 11.3 Å². The van der Waals surface area contributed by atoms with E-state index in [4.69, 9.17) is 14.7 Å². The Bertz CT molecular complexity index is 635. The van der Waals surface area contributed by atoms with Crippen LogP contribution in [0.5, 0.6) is 5.75 Å². The quantitative estimate of drug-likeness (QED) is 0.761. The van der Waals surface area contributed by atoms with Gasteiger partial charge in [-0.2, -0.15) is 5.26 Å². The molecule has 0 aliphatic rings.